The normalized spacial score (nSPS) is 15.7. The van der Waals surface area contributed by atoms with Crippen LogP contribution < -0.4 is 4.90 Å². The summed E-state index contributed by atoms with van der Waals surface area (Å²) in [4.78, 5) is 19.5. The van der Waals surface area contributed by atoms with Gasteiger partial charge in [0.15, 0.2) is 0 Å². The molecule has 1 fully saturated rings. The Bertz CT molecular complexity index is 420. The zero-order valence-corrected chi connectivity index (χ0v) is 11.1. The standard InChI is InChI=1S/C12H16ClN3O2/c1-2-18-12(17)16-5-3-15(4-6-16)11-7-10(13)8-14-9-11/h7-9H,2-6H2,1H3. The molecule has 1 saturated heterocycles. The number of hydrogen-bond donors (Lipinski definition) is 0. The third kappa shape index (κ3) is 3.04. The van der Waals surface area contributed by atoms with E-state index < -0.39 is 0 Å². The van der Waals surface area contributed by atoms with Crippen molar-refractivity contribution < 1.29 is 9.53 Å². The van der Waals surface area contributed by atoms with Crippen LogP contribution in [0.1, 0.15) is 6.92 Å². The zero-order chi connectivity index (χ0) is 13.0. The molecular weight excluding hydrogens is 254 g/mol. The van der Waals surface area contributed by atoms with Crippen molar-refractivity contribution in [2.75, 3.05) is 37.7 Å². The molecule has 5 nitrogen and oxygen atoms in total. The number of carbonyl (C=O) groups is 1. The maximum atomic E-state index is 11.5. The Morgan fingerprint density at radius 1 is 1.39 bits per heavy atom. The lowest BCUT2D eigenvalue weighted by molar-refractivity contribution is 0.105. The number of aromatic nitrogens is 1. The maximum Gasteiger partial charge on any atom is 0.409 e. The van der Waals surface area contributed by atoms with Crippen molar-refractivity contribution in [3.63, 3.8) is 0 Å². The van der Waals surface area contributed by atoms with Gasteiger partial charge >= 0.3 is 6.09 Å². The Balaban J connectivity index is 1.92. The van der Waals surface area contributed by atoms with E-state index in [1.54, 1.807) is 17.3 Å². The van der Waals surface area contributed by atoms with Gasteiger partial charge in [-0.15, -0.1) is 0 Å². The minimum Gasteiger partial charge on any atom is -0.450 e. The number of carbonyl (C=O) groups excluding carboxylic acids is 1. The van der Waals surface area contributed by atoms with E-state index in [-0.39, 0.29) is 6.09 Å². The number of amides is 1. The van der Waals surface area contributed by atoms with Crippen LogP contribution in [0.2, 0.25) is 5.02 Å². The fourth-order valence-electron chi connectivity index (χ4n) is 1.94. The minimum atomic E-state index is -0.235. The summed E-state index contributed by atoms with van der Waals surface area (Å²) in [5.74, 6) is 0. The highest BCUT2D eigenvalue weighted by Crippen LogP contribution is 2.19. The molecule has 0 bridgehead atoms. The Morgan fingerprint density at radius 2 is 2.11 bits per heavy atom. The largest absolute Gasteiger partial charge is 0.450 e. The number of nitrogens with zero attached hydrogens (tertiary/aromatic N) is 3. The molecule has 2 rings (SSSR count). The van der Waals surface area contributed by atoms with Crippen LogP contribution in [0.5, 0.6) is 0 Å². The summed E-state index contributed by atoms with van der Waals surface area (Å²) >= 11 is 5.91. The maximum absolute atomic E-state index is 11.5. The van der Waals surface area contributed by atoms with Crippen molar-refractivity contribution in [1.82, 2.24) is 9.88 Å². The van der Waals surface area contributed by atoms with Crippen molar-refractivity contribution in [3.8, 4) is 0 Å². The van der Waals surface area contributed by atoms with Gasteiger partial charge in [0.05, 0.1) is 23.5 Å². The van der Waals surface area contributed by atoms with Crippen molar-refractivity contribution >= 4 is 23.4 Å². The molecule has 1 amide bonds. The van der Waals surface area contributed by atoms with Crippen LogP contribution in [-0.2, 0) is 4.74 Å². The van der Waals surface area contributed by atoms with E-state index in [0.717, 1.165) is 18.8 Å². The van der Waals surface area contributed by atoms with Crippen LogP contribution >= 0.6 is 11.6 Å². The molecule has 98 valence electrons. The van der Waals surface area contributed by atoms with E-state index in [1.165, 1.54) is 0 Å². The number of rotatable bonds is 2. The van der Waals surface area contributed by atoms with Crippen molar-refractivity contribution in [1.29, 1.82) is 0 Å². The molecule has 0 N–H and O–H groups in total. The fraction of sp³-hybridized carbons (Fsp3) is 0.500. The van der Waals surface area contributed by atoms with Gasteiger partial charge in [-0.2, -0.15) is 0 Å². The number of pyridine rings is 1. The summed E-state index contributed by atoms with van der Waals surface area (Å²) in [6, 6.07) is 1.88. The molecular formula is C12H16ClN3O2. The third-order valence-electron chi connectivity index (χ3n) is 2.86. The predicted molar refractivity (Wildman–Crippen MR) is 70.1 cm³/mol. The number of hydrogen-bond acceptors (Lipinski definition) is 4. The Hall–Kier alpha value is -1.49. The molecule has 6 heteroatoms. The van der Waals surface area contributed by atoms with Gasteiger partial charge in [0.1, 0.15) is 0 Å². The van der Waals surface area contributed by atoms with E-state index >= 15 is 0 Å². The molecule has 0 atom stereocenters. The van der Waals surface area contributed by atoms with Gasteiger partial charge < -0.3 is 14.5 Å². The average molecular weight is 270 g/mol. The summed E-state index contributed by atoms with van der Waals surface area (Å²) in [6.45, 7) is 5.07. The summed E-state index contributed by atoms with van der Waals surface area (Å²) in [5, 5.41) is 0.625. The molecule has 18 heavy (non-hydrogen) atoms. The Morgan fingerprint density at radius 3 is 2.72 bits per heavy atom. The van der Waals surface area contributed by atoms with Crippen LogP contribution in [-0.4, -0.2) is 48.8 Å². The fourth-order valence-corrected chi connectivity index (χ4v) is 2.10. The van der Waals surface area contributed by atoms with Gasteiger partial charge in [0.25, 0.3) is 0 Å². The molecule has 0 aromatic carbocycles. The van der Waals surface area contributed by atoms with E-state index in [9.17, 15) is 4.79 Å². The highest BCUT2D eigenvalue weighted by atomic mass is 35.5. The predicted octanol–water partition coefficient (Wildman–Crippen LogP) is 2.01. The summed E-state index contributed by atoms with van der Waals surface area (Å²) < 4.78 is 4.98. The first-order valence-corrected chi connectivity index (χ1v) is 6.35. The molecule has 0 unspecified atom stereocenters. The topological polar surface area (TPSA) is 45.7 Å². The molecule has 1 aromatic heterocycles. The quantitative estimate of drug-likeness (QED) is 0.824. The zero-order valence-electron chi connectivity index (χ0n) is 10.3. The van der Waals surface area contributed by atoms with Crippen LogP contribution in [0, 0.1) is 0 Å². The van der Waals surface area contributed by atoms with Gasteiger partial charge in [-0.3, -0.25) is 4.98 Å². The lowest BCUT2D eigenvalue weighted by atomic mass is 10.3. The summed E-state index contributed by atoms with van der Waals surface area (Å²) in [6.07, 6.45) is 3.16. The average Bonchev–Trinajstić information content (AvgIpc) is 2.39. The molecule has 0 radical (unpaired) electrons. The van der Waals surface area contributed by atoms with Gasteiger partial charge in [0.2, 0.25) is 0 Å². The summed E-state index contributed by atoms with van der Waals surface area (Å²) in [7, 11) is 0. The van der Waals surface area contributed by atoms with E-state index in [0.29, 0.717) is 24.7 Å². The first-order valence-electron chi connectivity index (χ1n) is 5.98. The van der Waals surface area contributed by atoms with Crippen molar-refractivity contribution in [2.24, 2.45) is 0 Å². The highest BCUT2D eigenvalue weighted by Gasteiger charge is 2.22. The van der Waals surface area contributed by atoms with Gasteiger partial charge in [-0.05, 0) is 13.0 Å². The number of piperazine rings is 1. The van der Waals surface area contributed by atoms with Crippen LogP contribution in [0.4, 0.5) is 10.5 Å². The molecule has 1 aliphatic rings. The molecule has 0 spiro atoms. The Kier molecular flexibility index (Phi) is 4.25. The molecule has 1 aromatic rings. The smallest absolute Gasteiger partial charge is 0.409 e. The van der Waals surface area contributed by atoms with Crippen LogP contribution in [0.25, 0.3) is 0 Å². The second-order valence-corrected chi connectivity index (χ2v) is 4.47. The third-order valence-corrected chi connectivity index (χ3v) is 3.07. The first kappa shape index (κ1) is 13.0. The van der Waals surface area contributed by atoms with Gasteiger partial charge in [0, 0.05) is 32.4 Å². The number of halogens is 1. The second kappa shape index (κ2) is 5.91. The van der Waals surface area contributed by atoms with Gasteiger partial charge in [-0.1, -0.05) is 11.6 Å². The molecule has 0 saturated carbocycles. The summed E-state index contributed by atoms with van der Waals surface area (Å²) in [5.41, 5.74) is 0.992. The van der Waals surface area contributed by atoms with Crippen LogP contribution in [0.15, 0.2) is 18.5 Å². The highest BCUT2D eigenvalue weighted by molar-refractivity contribution is 6.30. The van der Waals surface area contributed by atoms with E-state index in [4.69, 9.17) is 16.3 Å². The van der Waals surface area contributed by atoms with E-state index in [2.05, 4.69) is 9.88 Å². The minimum absolute atomic E-state index is 0.235. The monoisotopic (exact) mass is 269 g/mol. The lowest BCUT2D eigenvalue weighted by Crippen LogP contribution is -2.49. The SMILES string of the molecule is CCOC(=O)N1CCN(c2cncc(Cl)c2)CC1. The van der Waals surface area contributed by atoms with E-state index in [1.807, 2.05) is 13.0 Å². The number of ether oxygens (including phenoxy) is 1. The Labute approximate surface area is 111 Å². The lowest BCUT2D eigenvalue weighted by Gasteiger charge is -2.35. The molecule has 1 aliphatic heterocycles. The number of anilines is 1. The van der Waals surface area contributed by atoms with Crippen molar-refractivity contribution in [2.45, 2.75) is 6.92 Å². The molecule has 2 heterocycles. The van der Waals surface area contributed by atoms with Crippen molar-refractivity contribution in [3.05, 3.63) is 23.5 Å². The van der Waals surface area contributed by atoms with Crippen LogP contribution in [0.3, 0.4) is 0 Å². The van der Waals surface area contributed by atoms with Gasteiger partial charge in [-0.25, -0.2) is 4.79 Å². The molecule has 0 aliphatic carbocycles. The first-order chi connectivity index (χ1) is 8.70. The second-order valence-electron chi connectivity index (χ2n) is 4.03.